The molecule has 1 aromatic rings. The van der Waals surface area contributed by atoms with E-state index < -0.39 is 0 Å². The Morgan fingerprint density at radius 1 is 0.667 bits per heavy atom. The van der Waals surface area contributed by atoms with Crippen LogP contribution in [0.1, 0.15) is 89.5 Å². The highest BCUT2D eigenvalue weighted by atomic mass is 16.3. The number of phenolic OH excluding ortho intramolecular Hbond substituents is 2. The lowest BCUT2D eigenvalue weighted by Gasteiger charge is -2.04. The molecule has 0 atom stereocenters. The summed E-state index contributed by atoms with van der Waals surface area (Å²) in [6.45, 7) is 2.26. The lowest BCUT2D eigenvalue weighted by molar-refractivity contribution is 0.449. The lowest BCUT2D eigenvalue weighted by atomic mass is 10.0. The Morgan fingerprint density at radius 3 is 1.75 bits per heavy atom. The molecule has 2 nitrogen and oxygen atoms in total. The number of rotatable bonds is 14. The van der Waals surface area contributed by atoms with Crippen LogP contribution in [0.2, 0.25) is 0 Å². The van der Waals surface area contributed by atoms with Crippen molar-refractivity contribution in [3.8, 4) is 11.5 Å². The van der Waals surface area contributed by atoms with Crippen molar-refractivity contribution >= 4 is 0 Å². The summed E-state index contributed by atoms with van der Waals surface area (Å²) < 4.78 is 0. The van der Waals surface area contributed by atoms with Gasteiger partial charge in [-0.15, -0.1) is 0 Å². The monoisotopic (exact) mass is 332 g/mol. The van der Waals surface area contributed by atoms with E-state index in [1.54, 1.807) is 12.1 Å². The number of phenols is 2. The highest BCUT2D eigenvalue weighted by molar-refractivity contribution is 5.36. The summed E-state index contributed by atoms with van der Waals surface area (Å²) in [6, 6.07) is 4.86. The van der Waals surface area contributed by atoms with Crippen LogP contribution in [0.4, 0.5) is 0 Å². The molecular weight excluding hydrogens is 296 g/mol. The van der Waals surface area contributed by atoms with E-state index in [1.807, 2.05) is 0 Å². The van der Waals surface area contributed by atoms with Gasteiger partial charge in [-0.1, -0.05) is 64.0 Å². The number of unbranched alkanes of at least 4 members (excludes halogenated alkanes) is 10. The van der Waals surface area contributed by atoms with Crippen molar-refractivity contribution in [3.05, 3.63) is 35.9 Å². The van der Waals surface area contributed by atoms with E-state index in [-0.39, 0.29) is 11.5 Å². The molecule has 0 spiro atoms. The van der Waals surface area contributed by atoms with E-state index in [4.69, 9.17) is 0 Å². The third-order valence-corrected chi connectivity index (χ3v) is 4.44. The third-order valence-electron chi connectivity index (χ3n) is 4.44. The third kappa shape index (κ3) is 11.2. The fraction of sp³-hybridized carbons (Fsp3) is 0.636. The number of allylic oxidation sites excluding steroid dienone is 2. The number of aryl methyl sites for hydroxylation is 1. The number of benzene rings is 1. The van der Waals surface area contributed by atoms with Gasteiger partial charge in [0, 0.05) is 6.07 Å². The zero-order chi connectivity index (χ0) is 17.5. The van der Waals surface area contributed by atoms with Crippen molar-refractivity contribution in [2.45, 2.75) is 90.4 Å². The van der Waals surface area contributed by atoms with Crippen LogP contribution >= 0.6 is 0 Å². The number of hydrogen-bond acceptors (Lipinski definition) is 2. The van der Waals surface area contributed by atoms with Gasteiger partial charge in [-0.25, -0.2) is 0 Å². The molecular formula is C22H36O2. The van der Waals surface area contributed by atoms with E-state index in [0.717, 1.165) is 18.4 Å². The smallest absolute Gasteiger partial charge is 0.119 e. The average Bonchev–Trinajstić information content (AvgIpc) is 2.54. The van der Waals surface area contributed by atoms with Crippen LogP contribution in [0.25, 0.3) is 0 Å². The molecule has 1 aromatic carbocycles. The molecule has 24 heavy (non-hydrogen) atoms. The zero-order valence-electron chi connectivity index (χ0n) is 15.5. The van der Waals surface area contributed by atoms with Gasteiger partial charge in [-0.05, 0) is 56.2 Å². The molecule has 0 aliphatic carbocycles. The van der Waals surface area contributed by atoms with Gasteiger partial charge in [0.15, 0.2) is 0 Å². The Bertz CT molecular complexity index is 431. The highest BCUT2D eigenvalue weighted by Crippen LogP contribution is 2.22. The van der Waals surface area contributed by atoms with Crippen molar-refractivity contribution in [1.29, 1.82) is 0 Å². The van der Waals surface area contributed by atoms with Crippen LogP contribution in [-0.2, 0) is 6.42 Å². The molecule has 0 fully saturated rings. The molecule has 0 aliphatic rings. The summed E-state index contributed by atoms with van der Waals surface area (Å²) >= 11 is 0. The van der Waals surface area contributed by atoms with Gasteiger partial charge in [0.1, 0.15) is 11.5 Å². The van der Waals surface area contributed by atoms with Crippen molar-refractivity contribution in [2.24, 2.45) is 0 Å². The number of aromatic hydroxyl groups is 2. The van der Waals surface area contributed by atoms with E-state index in [1.165, 1.54) is 76.7 Å². The molecule has 0 saturated heterocycles. The second kappa shape index (κ2) is 13.9. The Morgan fingerprint density at radius 2 is 1.17 bits per heavy atom. The van der Waals surface area contributed by atoms with Gasteiger partial charge in [0.25, 0.3) is 0 Å². The Hall–Kier alpha value is -1.44. The Labute approximate surface area is 148 Å². The van der Waals surface area contributed by atoms with Crippen LogP contribution in [0.3, 0.4) is 0 Å². The molecule has 0 radical (unpaired) electrons. The van der Waals surface area contributed by atoms with E-state index >= 15 is 0 Å². The first kappa shape index (κ1) is 20.6. The summed E-state index contributed by atoms with van der Waals surface area (Å²) in [5.41, 5.74) is 1.02. The first-order chi connectivity index (χ1) is 11.7. The molecule has 0 heterocycles. The second-order valence-corrected chi connectivity index (χ2v) is 6.84. The minimum atomic E-state index is 0.155. The average molecular weight is 333 g/mol. The van der Waals surface area contributed by atoms with Crippen molar-refractivity contribution in [2.75, 3.05) is 0 Å². The van der Waals surface area contributed by atoms with E-state index in [9.17, 15) is 10.2 Å². The van der Waals surface area contributed by atoms with Crippen LogP contribution < -0.4 is 0 Å². The SMILES string of the molecule is CCCCCCC/C=C\CCCCCCCc1cc(O)cc(O)c1. The van der Waals surface area contributed by atoms with E-state index in [2.05, 4.69) is 19.1 Å². The molecule has 0 bridgehead atoms. The van der Waals surface area contributed by atoms with Crippen LogP contribution in [0, 0.1) is 0 Å². The van der Waals surface area contributed by atoms with Gasteiger partial charge >= 0.3 is 0 Å². The molecule has 0 saturated carbocycles. The normalized spacial score (nSPS) is 11.4. The predicted molar refractivity (Wildman–Crippen MR) is 104 cm³/mol. The van der Waals surface area contributed by atoms with Gasteiger partial charge < -0.3 is 10.2 Å². The van der Waals surface area contributed by atoms with Crippen LogP contribution in [0.15, 0.2) is 30.4 Å². The first-order valence-electron chi connectivity index (χ1n) is 9.89. The summed E-state index contributed by atoms with van der Waals surface area (Å²) in [5.74, 6) is 0.310. The molecule has 136 valence electrons. The standard InChI is InChI=1S/C22H36O2/c1-2-3-4-5-6-7-8-9-10-11-12-13-14-15-16-20-17-21(23)19-22(24)18-20/h8-9,17-19,23-24H,2-7,10-16H2,1H3/b9-8-. The topological polar surface area (TPSA) is 40.5 Å². The van der Waals surface area contributed by atoms with Crippen LogP contribution in [0.5, 0.6) is 11.5 Å². The van der Waals surface area contributed by atoms with Gasteiger partial charge in [0.2, 0.25) is 0 Å². The zero-order valence-corrected chi connectivity index (χ0v) is 15.5. The van der Waals surface area contributed by atoms with Gasteiger partial charge in [-0.2, -0.15) is 0 Å². The Kier molecular flexibility index (Phi) is 12.0. The largest absolute Gasteiger partial charge is 0.508 e. The summed E-state index contributed by atoms with van der Waals surface area (Å²) in [4.78, 5) is 0. The maximum Gasteiger partial charge on any atom is 0.119 e. The van der Waals surface area contributed by atoms with Crippen molar-refractivity contribution in [3.63, 3.8) is 0 Å². The summed E-state index contributed by atoms with van der Waals surface area (Å²) in [6.07, 6.45) is 21.2. The minimum Gasteiger partial charge on any atom is -0.508 e. The second-order valence-electron chi connectivity index (χ2n) is 6.84. The Balaban J connectivity index is 1.90. The molecule has 2 N–H and O–H groups in total. The predicted octanol–water partition coefficient (Wildman–Crippen LogP) is 6.90. The van der Waals surface area contributed by atoms with Gasteiger partial charge in [0.05, 0.1) is 0 Å². The number of hydrogen-bond donors (Lipinski definition) is 2. The maximum atomic E-state index is 9.44. The molecule has 0 unspecified atom stereocenters. The minimum absolute atomic E-state index is 0.155. The quantitative estimate of drug-likeness (QED) is 0.287. The fourth-order valence-electron chi connectivity index (χ4n) is 3.02. The molecule has 0 amide bonds. The lowest BCUT2D eigenvalue weighted by Crippen LogP contribution is -1.86. The molecule has 0 aromatic heterocycles. The van der Waals surface area contributed by atoms with E-state index in [0.29, 0.717) is 0 Å². The van der Waals surface area contributed by atoms with Gasteiger partial charge in [-0.3, -0.25) is 0 Å². The van der Waals surface area contributed by atoms with Crippen molar-refractivity contribution in [1.82, 2.24) is 0 Å². The fourth-order valence-corrected chi connectivity index (χ4v) is 3.02. The summed E-state index contributed by atoms with van der Waals surface area (Å²) in [5, 5.41) is 18.9. The molecule has 2 heteroatoms. The van der Waals surface area contributed by atoms with Crippen molar-refractivity contribution < 1.29 is 10.2 Å². The first-order valence-corrected chi connectivity index (χ1v) is 9.89. The van der Waals surface area contributed by atoms with Crippen LogP contribution in [-0.4, -0.2) is 10.2 Å². The molecule has 1 rings (SSSR count). The highest BCUT2D eigenvalue weighted by Gasteiger charge is 1.99. The molecule has 0 aliphatic heterocycles. The summed E-state index contributed by atoms with van der Waals surface area (Å²) in [7, 11) is 0. The maximum absolute atomic E-state index is 9.44.